The van der Waals surface area contributed by atoms with E-state index in [0.717, 1.165) is 5.56 Å². The maximum absolute atomic E-state index is 11.7. The van der Waals surface area contributed by atoms with Crippen molar-refractivity contribution in [2.45, 2.75) is 25.4 Å². The fourth-order valence-corrected chi connectivity index (χ4v) is 1.52. The normalized spacial score (nSPS) is 12.8. The Morgan fingerprint density at radius 2 is 1.89 bits per heavy atom. The second kappa shape index (κ2) is 8.50. The Balaban J connectivity index is 0.00000324. The van der Waals surface area contributed by atoms with Gasteiger partial charge in [-0.05, 0) is 18.9 Å². The maximum Gasteiger partial charge on any atom is 0.328 e. The zero-order chi connectivity index (χ0) is 13.5. The first-order valence-corrected chi connectivity index (χ1v) is 5.72. The van der Waals surface area contributed by atoms with Crippen LogP contribution in [0.5, 0.6) is 0 Å². The number of amides is 1. The van der Waals surface area contributed by atoms with Gasteiger partial charge in [-0.25, -0.2) is 4.79 Å². The number of hydrogen-bond donors (Lipinski definition) is 2. The van der Waals surface area contributed by atoms with Crippen LogP contribution in [0, 0.1) is 0 Å². The van der Waals surface area contributed by atoms with Crippen LogP contribution in [0.3, 0.4) is 0 Å². The van der Waals surface area contributed by atoms with Crippen LogP contribution in [-0.4, -0.2) is 31.1 Å². The van der Waals surface area contributed by atoms with Gasteiger partial charge in [0.25, 0.3) is 0 Å². The number of benzene rings is 1. The summed E-state index contributed by atoms with van der Waals surface area (Å²) in [5, 5.41) is 2.51. The Kier molecular flexibility index (Phi) is 7.79. The van der Waals surface area contributed by atoms with Gasteiger partial charge in [0.05, 0.1) is 13.2 Å². The topological polar surface area (TPSA) is 81.4 Å². The van der Waals surface area contributed by atoms with E-state index >= 15 is 0 Å². The first-order chi connectivity index (χ1) is 8.54. The summed E-state index contributed by atoms with van der Waals surface area (Å²) in [5.41, 5.74) is 6.75. The summed E-state index contributed by atoms with van der Waals surface area (Å²) in [6.45, 7) is 1.55. The lowest BCUT2D eigenvalue weighted by Gasteiger charge is -2.15. The third kappa shape index (κ3) is 5.72. The summed E-state index contributed by atoms with van der Waals surface area (Å²) in [6, 6.07) is 8.10. The predicted molar refractivity (Wildman–Crippen MR) is 75.0 cm³/mol. The highest BCUT2D eigenvalue weighted by molar-refractivity contribution is 5.87. The van der Waals surface area contributed by atoms with E-state index in [-0.39, 0.29) is 18.3 Å². The van der Waals surface area contributed by atoms with Crippen LogP contribution in [-0.2, 0) is 20.7 Å². The number of ether oxygens (including phenoxy) is 1. The molecule has 6 heteroatoms. The quantitative estimate of drug-likeness (QED) is 0.779. The summed E-state index contributed by atoms with van der Waals surface area (Å²) in [4.78, 5) is 22.9. The summed E-state index contributed by atoms with van der Waals surface area (Å²) in [7, 11) is 1.27. The van der Waals surface area contributed by atoms with E-state index in [1.165, 1.54) is 7.11 Å². The molecule has 19 heavy (non-hydrogen) atoms. The number of rotatable bonds is 5. The van der Waals surface area contributed by atoms with Gasteiger partial charge in [0, 0.05) is 0 Å². The minimum absolute atomic E-state index is 0. The second-order valence-corrected chi connectivity index (χ2v) is 4.05. The molecule has 0 radical (unpaired) electrons. The van der Waals surface area contributed by atoms with Crippen LogP contribution in [0.2, 0.25) is 0 Å². The molecule has 0 aliphatic rings. The molecule has 2 unspecified atom stereocenters. The number of nitrogens with one attached hydrogen (secondary N) is 1. The van der Waals surface area contributed by atoms with E-state index in [1.807, 2.05) is 30.3 Å². The Morgan fingerprint density at radius 1 is 1.32 bits per heavy atom. The van der Waals surface area contributed by atoms with Crippen molar-refractivity contribution in [3.8, 4) is 0 Å². The molecule has 0 saturated carbocycles. The van der Waals surface area contributed by atoms with Crippen LogP contribution in [0.1, 0.15) is 12.5 Å². The third-order valence-corrected chi connectivity index (χ3v) is 2.55. The summed E-state index contributed by atoms with van der Waals surface area (Å²) in [5.74, 6) is -0.855. The Morgan fingerprint density at radius 3 is 2.42 bits per heavy atom. The Labute approximate surface area is 118 Å². The van der Waals surface area contributed by atoms with Gasteiger partial charge in [-0.1, -0.05) is 30.3 Å². The average Bonchev–Trinajstić information content (AvgIpc) is 2.38. The average molecular weight is 287 g/mol. The van der Waals surface area contributed by atoms with Crippen molar-refractivity contribution in [3.63, 3.8) is 0 Å². The molecule has 3 N–H and O–H groups in total. The third-order valence-electron chi connectivity index (χ3n) is 2.55. The van der Waals surface area contributed by atoms with E-state index in [0.29, 0.717) is 6.42 Å². The highest BCUT2D eigenvalue weighted by atomic mass is 35.5. The molecule has 5 nitrogen and oxygen atoms in total. The highest BCUT2D eigenvalue weighted by Crippen LogP contribution is 2.02. The van der Waals surface area contributed by atoms with Gasteiger partial charge in [-0.2, -0.15) is 0 Å². The van der Waals surface area contributed by atoms with E-state index in [2.05, 4.69) is 10.1 Å². The molecule has 1 amide bonds. The van der Waals surface area contributed by atoms with Crippen LogP contribution in [0.15, 0.2) is 30.3 Å². The second-order valence-electron chi connectivity index (χ2n) is 4.05. The lowest BCUT2D eigenvalue weighted by atomic mass is 10.1. The van der Waals surface area contributed by atoms with Crippen LogP contribution in [0.25, 0.3) is 0 Å². The minimum Gasteiger partial charge on any atom is -0.467 e. The zero-order valence-electron chi connectivity index (χ0n) is 11.0. The van der Waals surface area contributed by atoms with Crippen molar-refractivity contribution in [3.05, 3.63) is 35.9 Å². The van der Waals surface area contributed by atoms with Crippen molar-refractivity contribution in [2.75, 3.05) is 7.11 Å². The standard InChI is InChI=1S/C13H18N2O3.ClH/c1-9(13(17)18-2)15-12(16)11(14)8-10-6-4-3-5-7-10;/h3-7,9,11H,8,14H2,1-2H3,(H,15,16);1H. The van der Waals surface area contributed by atoms with Gasteiger partial charge in [0.15, 0.2) is 0 Å². The largest absolute Gasteiger partial charge is 0.467 e. The molecule has 1 aromatic rings. The van der Waals surface area contributed by atoms with Gasteiger partial charge < -0.3 is 15.8 Å². The molecule has 0 aliphatic carbocycles. The van der Waals surface area contributed by atoms with Gasteiger partial charge in [-0.15, -0.1) is 12.4 Å². The molecule has 0 heterocycles. The molecule has 1 aromatic carbocycles. The van der Waals surface area contributed by atoms with Crippen LogP contribution < -0.4 is 11.1 Å². The van der Waals surface area contributed by atoms with Crippen LogP contribution in [0.4, 0.5) is 0 Å². The number of nitrogens with two attached hydrogens (primary N) is 1. The van der Waals surface area contributed by atoms with Crippen molar-refractivity contribution >= 4 is 24.3 Å². The molecule has 0 fully saturated rings. The summed E-state index contributed by atoms with van der Waals surface area (Å²) < 4.78 is 4.52. The van der Waals surface area contributed by atoms with E-state index in [4.69, 9.17) is 5.73 Å². The fourth-order valence-electron chi connectivity index (χ4n) is 1.52. The zero-order valence-corrected chi connectivity index (χ0v) is 11.8. The number of carbonyl (C=O) groups is 2. The first-order valence-electron chi connectivity index (χ1n) is 5.72. The van der Waals surface area contributed by atoms with Gasteiger partial charge in [0.2, 0.25) is 5.91 Å². The monoisotopic (exact) mass is 286 g/mol. The van der Waals surface area contributed by atoms with Crippen molar-refractivity contribution in [2.24, 2.45) is 5.73 Å². The molecule has 106 valence electrons. The Bertz CT molecular complexity index is 412. The molecule has 2 atom stereocenters. The highest BCUT2D eigenvalue weighted by Gasteiger charge is 2.20. The predicted octanol–water partition coefficient (Wildman–Crippen LogP) is 0.656. The molecule has 0 saturated heterocycles. The minimum atomic E-state index is -0.690. The fraction of sp³-hybridized carbons (Fsp3) is 0.385. The summed E-state index contributed by atoms with van der Waals surface area (Å²) >= 11 is 0. The van der Waals surface area contributed by atoms with Crippen molar-refractivity contribution in [1.29, 1.82) is 0 Å². The van der Waals surface area contributed by atoms with Crippen LogP contribution >= 0.6 is 12.4 Å². The molecule has 0 bridgehead atoms. The molecule has 1 rings (SSSR count). The van der Waals surface area contributed by atoms with Gasteiger partial charge in [0.1, 0.15) is 6.04 Å². The van der Waals surface area contributed by atoms with E-state index < -0.39 is 18.1 Å². The number of carbonyl (C=O) groups excluding carboxylic acids is 2. The van der Waals surface area contributed by atoms with Gasteiger partial charge in [-0.3, -0.25) is 4.79 Å². The molecule has 0 spiro atoms. The van der Waals surface area contributed by atoms with E-state index in [1.54, 1.807) is 6.92 Å². The number of halogens is 1. The van der Waals surface area contributed by atoms with Crippen molar-refractivity contribution < 1.29 is 14.3 Å². The maximum atomic E-state index is 11.7. The number of esters is 1. The SMILES string of the molecule is COC(=O)C(C)NC(=O)C(N)Cc1ccccc1.Cl. The van der Waals surface area contributed by atoms with Gasteiger partial charge >= 0.3 is 5.97 Å². The number of hydrogen-bond acceptors (Lipinski definition) is 4. The lowest BCUT2D eigenvalue weighted by Crippen LogP contribution is -2.48. The smallest absolute Gasteiger partial charge is 0.328 e. The summed E-state index contributed by atoms with van der Waals surface area (Å²) in [6.07, 6.45) is 0.431. The Hall–Kier alpha value is -1.59. The molecule has 0 aliphatic heterocycles. The van der Waals surface area contributed by atoms with Crippen molar-refractivity contribution in [1.82, 2.24) is 5.32 Å². The first kappa shape index (κ1) is 17.4. The molecular weight excluding hydrogens is 268 g/mol. The van der Waals surface area contributed by atoms with E-state index in [9.17, 15) is 9.59 Å². The molecule has 0 aromatic heterocycles. The molecular formula is C13H19ClN2O3. The lowest BCUT2D eigenvalue weighted by molar-refractivity contribution is -0.144. The number of methoxy groups -OCH3 is 1.